The fourth-order valence-electron chi connectivity index (χ4n) is 5.07. The van der Waals surface area contributed by atoms with Crippen molar-refractivity contribution in [2.24, 2.45) is 0 Å². The van der Waals surface area contributed by atoms with Gasteiger partial charge in [-0.25, -0.2) is 9.59 Å². The smallest absolute Gasteiger partial charge is 0.339 e. The highest BCUT2D eigenvalue weighted by molar-refractivity contribution is 6.21. The quantitative estimate of drug-likeness (QED) is 0.333. The van der Waals surface area contributed by atoms with E-state index in [9.17, 15) is 9.59 Å². The number of carbonyl (C=O) groups excluding carboxylic acids is 2. The fraction of sp³-hybridized carbons (Fsp3) is 0.0625. The molecule has 0 saturated heterocycles. The van der Waals surface area contributed by atoms with Gasteiger partial charge >= 0.3 is 11.9 Å². The van der Waals surface area contributed by atoms with Gasteiger partial charge in [-0.1, -0.05) is 121 Å². The van der Waals surface area contributed by atoms with Crippen molar-refractivity contribution >= 4 is 23.1 Å². The van der Waals surface area contributed by atoms with E-state index in [0.29, 0.717) is 22.3 Å². The Hall–Kier alpha value is -4.70. The molecule has 2 aliphatic heterocycles. The Bertz CT molecular complexity index is 1370. The third-order valence-electron chi connectivity index (χ3n) is 6.77. The number of carbonyl (C=O) groups is 2. The molecule has 6 rings (SSSR count). The summed E-state index contributed by atoms with van der Waals surface area (Å²) in [7, 11) is 0. The molecule has 0 spiro atoms. The molecule has 2 unspecified atom stereocenters. The highest BCUT2D eigenvalue weighted by atomic mass is 16.6. The molecule has 0 radical (unpaired) electrons. The molecule has 0 amide bonds. The Balaban J connectivity index is 1.67. The van der Waals surface area contributed by atoms with E-state index in [1.807, 2.05) is 133 Å². The zero-order valence-corrected chi connectivity index (χ0v) is 19.3. The molecule has 2 atom stereocenters. The minimum atomic E-state index is -1.43. The summed E-state index contributed by atoms with van der Waals surface area (Å²) in [5, 5.41) is 0. The van der Waals surface area contributed by atoms with E-state index < -0.39 is 23.1 Å². The molecule has 4 aromatic rings. The summed E-state index contributed by atoms with van der Waals surface area (Å²) < 4.78 is 12.6. The maximum atomic E-state index is 13.5. The number of hydrogen-bond acceptors (Lipinski definition) is 4. The van der Waals surface area contributed by atoms with Gasteiger partial charge in [-0.2, -0.15) is 0 Å². The molecular formula is C32H22O4. The predicted octanol–water partition coefficient (Wildman–Crippen LogP) is 6.06. The summed E-state index contributed by atoms with van der Waals surface area (Å²) >= 11 is 0. The standard InChI is InChI=1S/C32H22O4/c33-29-27(23-13-5-1-6-14-23)21-31(35-29,25-17-9-3-10-18-25)32(26-19-11-4-12-20-26)22-28(30(34)36-32)24-15-7-2-8-16-24/h1-22H. The Kier molecular flexibility index (Phi) is 5.15. The van der Waals surface area contributed by atoms with Crippen LogP contribution in [0.4, 0.5) is 0 Å². The Morgan fingerprint density at radius 3 is 1.06 bits per heavy atom. The minimum absolute atomic E-state index is 0.423. The molecule has 4 nitrogen and oxygen atoms in total. The lowest BCUT2D eigenvalue weighted by molar-refractivity contribution is -0.183. The Labute approximate surface area is 209 Å². The summed E-state index contributed by atoms with van der Waals surface area (Å²) in [6.07, 6.45) is 3.62. The van der Waals surface area contributed by atoms with Crippen molar-refractivity contribution in [3.05, 3.63) is 156 Å². The average Bonchev–Trinajstić information content (AvgIpc) is 3.50. The van der Waals surface area contributed by atoms with Gasteiger partial charge in [-0.15, -0.1) is 0 Å². The third-order valence-corrected chi connectivity index (χ3v) is 6.77. The zero-order chi connectivity index (χ0) is 24.6. The lowest BCUT2D eigenvalue weighted by Gasteiger charge is -2.42. The van der Waals surface area contributed by atoms with Crippen LogP contribution in [0.5, 0.6) is 0 Å². The van der Waals surface area contributed by atoms with Crippen molar-refractivity contribution < 1.29 is 19.1 Å². The molecule has 2 aliphatic rings. The first-order valence-corrected chi connectivity index (χ1v) is 11.8. The molecule has 2 heterocycles. The van der Waals surface area contributed by atoms with Crippen molar-refractivity contribution in [2.45, 2.75) is 11.2 Å². The maximum absolute atomic E-state index is 13.5. The Morgan fingerprint density at radius 1 is 0.417 bits per heavy atom. The van der Waals surface area contributed by atoms with E-state index in [-0.39, 0.29) is 0 Å². The van der Waals surface area contributed by atoms with Gasteiger partial charge in [-0.3, -0.25) is 0 Å². The lowest BCUT2D eigenvalue weighted by Crippen LogP contribution is -2.48. The van der Waals surface area contributed by atoms with E-state index in [0.717, 1.165) is 11.1 Å². The molecule has 0 aromatic heterocycles. The molecule has 4 aromatic carbocycles. The van der Waals surface area contributed by atoms with Crippen molar-refractivity contribution in [1.82, 2.24) is 0 Å². The summed E-state index contributed by atoms with van der Waals surface area (Å²) in [5.74, 6) is -0.948. The molecule has 0 bridgehead atoms. The van der Waals surface area contributed by atoms with E-state index in [1.54, 1.807) is 0 Å². The minimum Gasteiger partial charge on any atom is -0.441 e. The summed E-state index contributed by atoms with van der Waals surface area (Å²) in [6, 6.07) is 37.7. The van der Waals surface area contributed by atoms with Gasteiger partial charge in [0.2, 0.25) is 11.2 Å². The molecule has 0 saturated carbocycles. The van der Waals surface area contributed by atoms with Crippen LogP contribution in [-0.4, -0.2) is 11.9 Å². The van der Waals surface area contributed by atoms with Crippen LogP contribution in [0.15, 0.2) is 133 Å². The monoisotopic (exact) mass is 470 g/mol. The first-order valence-electron chi connectivity index (χ1n) is 11.8. The first kappa shape index (κ1) is 21.8. The van der Waals surface area contributed by atoms with Crippen molar-refractivity contribution in [1.29, 1.82) is 0 Å². The van der Waals surface area contributed by atoms with Crippen LogP contribution in [0.1, 0.15) is 22.3 Å². The van der Waals surface area contributed by atoms with Gasteiger partial charge in [0.05, 0.1) is 11.1 Å². The molecule has 36 heavy (non-hydrogen) atoms. The van der Waals surface area contributed by atoms with Crippen molar-refractivity contribution in [3.63, 3.8) is 0 Å². The summed E-state index contributed by atoms with van der Waals surface area (Å²) in [4.78, 5) is 27.0. The van der Waals surface area contributed by atoms with E-state index in [1.165, 1.54) is 0 Å². The summed E-state index contributed by atoms with van der Waals surface area (Å²) in [6.45, 7) is 0. The SMILES string of the molecule is O=C1OC(c2ccccc2)(C2(c3ccccc3)C=C(c3ccccc3)C(=O)O2)C=C1c1ccccc1. The van der Waals surface area contributed by atoms with Gasteiger partial charge in [-0.05, 0) is 23.3 Å². The van der Waals surface area contributed by atoms with Gasteiger partial charge in [0.25, 0.3) is 0 Å². The molecule has 174 valence electrons. The van der Waals surface area contributed by atoms with Gasteiger partial charge in [0, 0.05) is 11.1 Å². The second kappa shape index (κ2) is 8.51. The molecule has 0 aliphatic carbocycles. The molecule has 0 fully saturated rings. The highest BCUT2D eigenvalue weighted by Crippen LogP contribution is 2.56. The van der Waals surface area contributed by atoms with Gasteiger partial charge < -0.3 is 9.47 Å². The van der Waals surface area contributed by atoms with Crippen LogP contribution in [0.3, 0.4) is 0 Å². The second-order valence-electron chi connectivity index (χ2n) is 8.83. The number of rotatable bonds is 5. The number of hydrogen-bond donors (Lipinski definition) is 0. The maximum Gasteiger partial charge on any atom is 0.339 e. The Morgan fingerprint density at radius 2 is 0.722 bits per heavy atom. The van der Waals surface area contributed by atoms with Crippen LogP contribution in [0, 0.1) is 0 Å². The lowest BCUT2D eigenvalue weighted by atomic mass is 9.72. The highest BCUT2D eigenvalue weighted by Gasteiger charge is 2.63. The predicted molar refractivity (Wildman–Crippen MR) is 137 cm³/mol. The number of ether oxygens (including phenoxy) is 2. The van der Waals surface area contributed by atoms with Crippen LogP contribution < -0.4 is 0 Å². The first-order chi connectivity index (χ1) is 17.6. The number of benzene rings is 4. The van der Waals surface area contributed by atoms with Crippen molar-refractivity contribution in [2.75, 3.05) is 0 Å². The van der Waals surface area contributed by atoms with Crippen LogP contribution in [0.2, 0.25) is 0 Å². The topological polar surface area (TPSA) is 52.6 Å². The third kappa shape index (κ3) is 3.30. The van der Waals surface area contributed by atoms with Crippen LogP contribution >= 0.6 is 0 Å². The second-order valence-corrected chi connectivity index (χ2v) is 8.83. The average molecular weight is 471 g/mol. The van der Waals surface area contributed by atoms with Gasteiger partial charge in [0.15, 0.2) is 0 Å². The molecule has 4 heteroatoms. The molecular weight excluding hydrogens is 448 g/mol. The molecule has 0 N–H and O–H groups in total. The van der Waals surface area contributed by atoms with Crippen LogP contribution in [0.25, 0.3) is 11.1 Å². The van der Waals surface area contributed by atoms with E-state index in [4.69, 9.17) is 9.47 Å². The number of esters is 2. The van der Waals surface area contributed by atoms with Crippen molar-refractivity contribution in [3.8, 4) is 0 Å². The van der Waals surface area contributed by atoms with Gasteiger partial charge in [0.1, 0.15) is 0 Å². The number of cyclic esters (lactones) is 2. The normalized spacial score (nSPS) is 23.0. The fourth-order valence-corrected chi connectivity index (χ4v) is 5.07. The van der Waals surface area contributed by atoms with E-state index in [2.05, 4.69) is 0 Å². The van der Waals surface area contributed by atoms with Crippen LogP contribution in [-0.2, 0) is 30.3 Å². The van der Waals surface area contributed by atoms with E-state index >= 15 is 0 Å². The summed E-state index contributed by atoms with van der Waals surface area (Å²) in [5.41, 5.74) is 0.867. The largest absolute Gasteiger partial charge is 0.441 e. The zero-order valence-electron chi connectivity index (χ0n) is 19.3.